The van der Waals surface area contributed by atoms with E-state index >= 15 is 0 Å². The van der Waals surface area contributed by atoms with E-state index in [1.54, 1.807) is 4.90 Å². The van der Waals surface area contributed by atoms with Crippen LogP contribution in [0.25, 0.3) is 0 Å². The van der Waals surface area contributed by atoms with E-state index in [-0.39, 0.29) is 25.0 Å². The average molecular weight is 299 g/mol. The van der Waals surface area contributed by atoms with Crippen molar-refractivity contribution < 1.29 is 23.4 Å². The highest BCUT2D eigenvalue weighted by molar-refractivity contribution is 5.76. The van der Waals surface area contributed by atoms with E-state index in [0.717, 1.165) is 12.1 Å². The zero-order chi connectivity index (χ0) is 15.4. The average Bonchev–Trinajstić information content (AvgIpc) is 2.82. The SMILES string of the molecule is CCO[C@@H]1CN(C(=O)CCc2ccc(F)c(F)c2)C[C@H]1O. The number of rotatable bonds is 5. The maximum absolute atomic E-state index is 13.1. The van der Waals surface area contributed by atoms with Crippen molar-refractivity contribution in [2.24, 2.45) is 0 Å². The Morgan fingerprint density at radius 3 is 2.81 bits per heavy atom. The molecule has 116 valence electrons. The Labute approximate surface area is 122 Å². The number of ether oxygens (including phenoxy) is 1. The number of carbonyl (C=O) groups excluding carboxylic acids is 1. The van der Waals surface area contributed by atoms with Crippen LogP contribution < -0.4 is 0 Å². The second-order valence-electron chi connectivity index (χ2n) is 5.11. The number of aliphatic hydroxyl groups is 1. The molecule has 0 spiro atoms. The van der Waals surface area contributed by atoms with E-state index < -0.39 is 17.7 Å². The number of halogens is 2. The number of hydrogen-bond acceptors (Lipinski definition) is 3. The van der Waals surface area contributed by atoms with E-state index in [1.807, 2.05) is 6.92 Å². The van der Waals surface area contributed by atoms with Gasteiger partial charge in [0.2, 0.25) is 5.91 Å². The molecule has 0 radical (unpaired) electrons. The van der Waals surface area contributed by atoms with Crippen LogP contribution in [0.4, 0.5) is 8.78 Å². The lowest BCUT2D eigenvalue weighted by atomic mass is 10.1. The summed E-state index contributed by atoms with van der Waals surface area (Å²) in [6.07, 6.45) is -0.488. The Morgan fingerprint density at radius 1 is 1.38 bits per heavy atom. The van der Waals surface area contributed by atoms with Gasteiger partial charge in [-0.25, -0.2) is 8.78 Å². The summed E-state index contributed by atoms with van der Waals surface area (Å²) in [7, 11) is 0. The third-order valence-corrected chi connectivity index (χ3v) is 3.58. The molecule has 21 heavy (non-hydrogen) atoms. The number of benzene rings is 1. The van der Waals surface area contributed by atoms with E-state index in [1.165, 1.54) is 6.07 Å². The molecule has 1 saturated heterocycles. The predicted molar refractivity (Wildman–Crippen MR) is 72.7 cm³/mol. The summed E-state index contributed by atoms with van der Waals surface area (Å²) in [5.41, 5.74) is 0.573. The summed E-state index contributed by atoms with van der Waals surface area (Å²) >= 11 is 0. The summed E-state index contributed by atoms with van der Waals surface area (Å²) in [5.74, 6) is -1.93. The summed E-state index contributed by atoms with van der Waals surface area (Å²) in [4.78, 5) is 13.6. The van der Waals surface area contributed by atoms with Gasteiger partial charge in [-0.15, -0.1) is 0 Å². The van der Waals surface area contributed by atoms with Crippen molar-refractivity contribution in [2.45, 2.75) is 32.0 Å². The van der Waals surface area contributed by atoms with E-state index in [4.69, 9.17) is 4.74 Å². The molecule has 1 aliphatic rings. The molecule has 0 unspecified atom stereocenters. The van der Waals surface area contributed by atoms with Gasteiger partial charge in [-0.3, -0.25) is 4.79 Å². The number of aryl methyl sites for hydroxylation is 1. The largest absolute Gasteiger partial charge is 0.388 e. The first-order chi connectivity index (χ1) is 10.0. The van der Waals surface area contributed by atoms with Crippen LogP contribution >= 0.6 is 0 Å². The van der Waals surface area contributed by atoms with Crippen molar-refractivity contribution in [2.75, 3.05) is 19.7 Å². The maximum Gasteiger partial charge on any atom is 0.223 e. The molecule has 0 saturated carbocycles. The van der Waals surface area contributed by atoms with Gasteiger partial charge in [0.25, 0.3) is 0 Å². The molecule has 4 nitrogen and oxygen atoms in total. The normalized spacial score (nSPS) is 21.8. The van der Waals surface area contributed by atoms with Gasteiger partial charge in [0.1, 0.15) is 6.10 Å². The zero-order valence-corrected chi connectivity index (χ0v) is 11.9. The summed E-state index contributed by atoms with van der Waals surface area (Å²) in [6.45, 7) is 2.94. The van der Waals surface area contributed by atoms with Gasteiger partial charge in [-0.1, -0.05) is 6.07 Å². The topological polar surface area (TPSA) is 49.8 Å². The lowest BCUT2D eigenvalue weighted by Gasteiger charge is -2.16. The van der Waals surface area contributed by atoms with Crippen LogP contribution in [0, 0.1) is 11.6 Å². The molecule has 2 atom stereocenters. The maximum atomic E-state index is 13.1. The van der Waals surface area contributed by atoms with Crippen LogP contribution in [0.2, 0.25) is 0 Å². The standard InChI is InChI=1S/C15H19F2NO3/c1-2-21-14-9-18(8-13(14)19)15(20)6-4-10-3-5-11(16)12(17)7-10/h3,5,7,13-14,19H,2,4,6,8-9H2,1H3/t13-,14-/m1/s1. The number of nitrogens with zero attached hydrogens (tertiary/aromatic N) is 1. The Morgan fingerprint density at radius 2 is 2.14 bits per heavy atom. The quantitative estimate of drug-likeness (QED) is 0.896. The van der Waals surface area contributed by atoms with Gasteiger partial charge in [-0.05, 0) is 31.0 Å². The van der Waals surface area contributed by atoms with E-state index in [2.05, 4.69) is 0 Å². The minimum absolute atomic E-state index is 0.124. The Hall–Kier alpha value is -1.53. The summed E-state index contributed by atoms with van der Waals surface area (Å²) < 4.78 is 31.2. The molecule has 1 amide bonds. The van der Waals surface area contributed by atoms with Gasteiger partial charge < -0.3 is 14.7 Å². The number of likely N-dealkylation sites (tertiary alicyclic amines) is 1. The highest BCUT2D eigenvalue weighted by Gasteiger charge is 2.34. The molecule has 2 rings (SSSR count). The number of amides is 1. The third-order valence-electron chi connectivity index (χ3n) is 3.58. The summed E-state index contributed by atoms with van der Waals surface area (Å²) in [5, 5.41) is 9.78. The zero-order valence-electron chi connectivity index (χ0n) is 11.9. The van der Waals surface area contributed by atoms with Gasteiger partial charge in [0.05, 0.1) is 6.10 Å². The molecular formula is C15H19F2NO3. The Balaban J connectivity index is 1.86. The van der Waals surface area contributed by atoms with Crippen molar-refractivity contribution in [1.82, 2.24) is 4.90 Å². The van der Waals surface area contributed by atoms with Crippen LogP contribution in [-0.4, -0.2) is 47.8 Å². The molecular weight excluding hydrogens is 280 g/mol. The molecule has 1 aliphatic heterocycles. The molecule has 6 heteroatoms. The number of carbonyl (C=O) groups is 1. The van der Waals surface area contributed by atoms with Gasteiger partial charge >= 0.3 is 0 Å². The van der Waals surface area contributed by atoms with Gasteiger partial charge in [0.15, 0.2) is 11.6 Å². The second-order valence-corrected chi connectivity index (χ2v) is 5.11. The smallest absolute Gasteiger partial charge is 0.223 e. The number of hydrogen-bond donors (Lipinski definition) is 1. The predicted octanol–water partition coefficient (Wildman–Crippen LogP) is 1.51. The first-order valence-electron chi connectivity index (χ1n) is 7.02. The fourth-order valence-corrected chi connectivity index (χ4v) is 2.44. The van der Waals surface area contributed by atoms with E-state index in [9.17, 15) is 18.7 Å². The van der Waals surface area contributed by atoms with Crippen LogP contribution in [-0.2, 0) is 16.0 Å². The minimum atomic E-state index is -0.909. The molecule has 0 aromatic heterocycles. The minimum Gasteiger partial charge on any atom is -0.388 e. The van der Waals surface area contributed by atoms with Gasteiger partial charge in [0, 0.05) is 26.1 Å². The summed E-state index contributed by atoms with van der Waals surface area (Å²) in [6, 6.07) is 3.62. The van der Waals surface area contributed by atoms with Crippen molar-refractivity contribution >= 4 is 5.91 Å². The molecule has 1 heterocycles. The monoisotopic (exact) mass is 299 g/mol. The second kappa shape index (κ2) is 6.95. The third kappa shape index (κ3) is 3.98. The molecule has 1 fully saturated rings. The van der Waals surface area contributed by atoms with Crippen LogP contribution in [0.5, 0.6) is 0 Å². The highest BCUT2D eigenvalue weighted by atomic mass is 19.2. The fourth-order valence-electron chi connectivity index (χ4n) is 2.44. The van der Waals surface area contributed by atoms with E-state index in [0.29, 0.717) is 25.1 Å². The lowest BCUT2D eigenvalue weighted by molar-refractivity contribution is -0.130. The van der Waals surface area contributed by atoms with Crippen LogP contribution in [0.1, 0.15) is 18.9 Å². The number of aliphatic hydroxyl groups excluding tert-OH is 1. The van der Waals surface area contributed by atoms with Gasteiger partial charge in [-0.2, -0.15) is 0 Å². The van der Waals surface area contributed by atoms with Crippen molar-refractivity contribution in [3.8, 4) is 0 Å². The highest BCUT2D eigenvalue weighted by Crippen LogP contribution is 2.16. The van der Waals surface area contributed by atoms with Crippen LogP contribution in [0.15, 0.2) is 18.2 Å². The molecule has 1 N–H and O–H groups in total. The fraction of sp³-hybridized carbons (Fsp3) is 0.533. The first-order valence-corrected chi connectivity index (χ1v) is 7.02. The first kappa shape index (κ1) is 15.9. The van der Waals surface area contributed by atoms with Crippen molar-refractivity contribution in [3.05, 3.63) is 35.4 Å². The molecule has 1 aromatic carbocycles. The lowest BCUT2D eigenvalue weighted by Crippen LogP contribution is -2.30. The van der Waals surface area contributed by atoms with Crippen molar-refractivity contribution in [1.29, 1.82) is 0 Å². The molecule has 0 bridgehead atoms. The van der Waals surface area contributed by atoms with Crippen molar-refractivity contribution in [3.63, 3.8) is 0 Å². The number of β-amino-alcohol motifs (C(OH)–C–C–N with tert-alkyl or cyclic N) is 1. The molecule has 0 aliphatic carbocycles. The Bertz CT molecular complexity index is 510. The van der Waals surface area contributed by atoms with Crippen LogP contribution in [0.3, 0.4) is 0 Å². The molecule has 1 aromatic rings. The Kier molecular flexibility index (Phi) is 5.25.